The van der Waals surface area contributed by atoms with Gasteiger partial charge in [-0.1, -0.05) is 13.0 Å². The Morgan fingerprint density at radius 3 is 2.71 bits per heavy atom. The third-order valence-corrected chi connectivity index (χ3v) is 3.81. The van der Waals surface area contributed by atoms with E-state index in [1.165, 1.54) is 16.9 Å². The van der Waals surface area contributed by atoms with Gasteiger partial charge < -0.3 is 5.11 Å². The van der Waals surface area contributed by atoms with Gasteiger partial charge in [-0.3, -0.25) is 4.98 Å². The number of thiazole rings is 1. The van der Waals surface area contributed by atoms with Gasteiger partial charge >= 0.3 is 0 Å². The fourth-order valence-corrected chi connectivity index (χ4v) is 2.49. The van der Waals surface area contributed by atoms with Crippen molar-refractivity contribution in [3.8, 4) is 0 Å². The molecule has 0 amide bonds. The molecule has 0 radical (unpaired) electrons. The summed E-state index contributed by atoms with van der Waals surface area (Å²) in [4.78, 5) is 9.43. The molecule has 0 aliphatic heterocycles. The highest BCUT2D eigenvalue weighted by atomic mass is 32.1. The van der Waals surface area contributed by atoms with E-state index in [2.05, 4.69) is 23.0 Å². The van der Waals surface area contributed by atoms with Crippen LogP contribution in [0.3, 0.4) is 0 Å². The molecule has 0 saturated heterocycles. The van der Waals surface area contributed by atoms with Gasteiger partial charge in [-0.2, -0.15) is 0 Å². The van der Waals surface area contributed by atoms with Crippen LogP contribution in [-0.2, 0) is 12.8 Å². The first-order valence-corrected chi connectivity index (χ1v) is 6.60. The van der Waals surface area contributed by atoms with E-state index in [-0.39, 0.29) is 0 Å². The molecule has 0 aliphatic rings. The SMILES string of the molecule is CCc1ccc(CC(O)c2scnc2C)nc1. The van der Waals surface area contributed by atoms with Crippen molar-refractivity contribution >= 4 is 11.3 Å². The Balaban J connectivity index is 2.07. The van der Waals surface area contributed by atoms with Gasteiger partial charge in [0.05, 0.1) is 22.2 Å². The van der Waals surface area contributed by atoms with E-state index < -0.39 is 6.10 Å². The van der Waals surface area contributed by atoms with Crippen molar-refractivity contribution in [3.05, 3.63) is 45.7 Å². The van der Waals surface area contributed by atoms with Gasteiger partial charge in [0.1, 0.15) is 0 Å². The van der Waals surface area contributed by atoms with E-state index >= 15 is 0 Å². The van der Waals surface area contributed by atoms with E-state index in [4.69, 9.17) is 0 Å². The minimum absolute atomic E-state index is 0.498. The Labute approximate surface area is 105 Å². The minimum Gasteiger partial charge on any atom is -0.387 e. The third kappa shape index (κ3) is 2.90. The molecule has 0 aromatic carbocycles. The van der Waals surface area contributed by atoms with Crippen LogP contribution in [-0.4, -0.2) is 15.1 Å². The molecule has 17 heavy (non-hydrogen) atoms. The predicted molar refractivity (Wildman–Crippen MR) is 69.1 cm³/mol. The first-order valence-electron chi connectivity index (χ1n) is 5.72. The molecular weight excluding hydrogens is 232 g/mol. The van der Waals surface area contributed by atoms with Crippen molar-refractivity contribution in [1.82, 2.24) is 9.97 Å². The van der Waals surface area contributed by atoms with Crippen LogP contribution in [0.15, 0.2) is 23.8 Å². The Bertz CT molecular complexity index is 478. The van der Waals surface area contributed by atoms with Crippen LogP contribution in [0.1, 0.15) is 34.9 Å². The average Bonchev–Trinajstić information content (AvgIpc) is 2.76. The first-order chi connectivity index (χ1) is 8.20. The number of rotatable bonds is 4. The maximum Gasteiger partial charge on any atom is 0.0956 e. The number of hydrogen-bond acceptors (Lipinski definition) is 4. The molecule has 90 valence electrons. The standard InChI is InChI=1S/C13H16N2OS/c1-3-10-4-5-11(14-7-10)6-12(16)13-9(2)15-8-17-13/h4-5,7-8,12,16H,3,6H2,1-2H3. The van der Waals surface area contributed by atoms with Crippen molar-refractivity contribution < 1.29 is 5.11 Å². The maximum atomic E-state index is 10.1. The summed E-state index contributed by atoms with van der Waals surface area (Å²) in [6.07, 6.45) is 2.92. The molecule has 3 nitrogen and oxygen atoms in total. The molecule has 0 spiro atoms. The Morgan fingerprint density at radius 1 is 1.35 bits per heavy atom. The zero-order valence-corrected chi connectivity index (χ0v) is 10.9. The molecular formula is C13H16N2OS. The number of aromatic nitrogens is 2. The van der Waals surface area contributed by atoms with Crippen LogP contribution < -0.4 is 0 Å². The molecule has 2 rings (SSSR count). The Kier molecular flexibility index (Phi) is 3.86. The number of aliphatic hydroxyl groups excluding tert-OH is 1. The molecule has 1 unspecified atom stereocenters. The Morgan fingerprint density at radius 2 is 2.18 bits per heavy atom. The van der Waals surface area contributed by atoms with Gasteiger partial charge in [-0.05, 0) is 25.0 Å². The third-order valence-electron chi connectivity index (χ3n) is 2.78. The van der Waals surface area contributed by atoms with Crippen molar-refractivity contribution in [2.24, 2.45) is 0 Å². The monoisotopic (exact) mass is 248 g/mol. The summed E-state index contributed by atoms with van der Waals surface area (Å²) in [5.41, 5.74) is 4.81. The lowest BCUT2D eigenvalue weighted by molar-refractivity contribution is 0.180. The summed E-state index contributed by atoms with van der Waals surface area (Å²) in [5.74, 6) is 0. The smallest absolute Gasteiger partial charge is 0.0956 e. The number of nitrogens with zero attached hydrogens (tertiary/aromatic N) is 2. The second-order valence-electron chi connectivity index (χ2n) is 4.03. The highest BCUT2D eigenvalue weighted by Gasteiger charge is 2.14. The zero-order valence-electron chi connectivity index (χ0n) is 10.1. The fraction of sp³-hybridized carbons (Fsp3) is 0.385. The van der Waals surface area contributed by atoms with Crippen LogP contribution in [0.4, 0.5) is 0 Å². The van der Waals surface area contributed by atoms with E-state index in [1.807, 2.05) is 19.2 Å². The van der Waals surface area contributed by atoms with E-state index in [1.54, 1.807) is 5.51 Å². The molecule has 0 aliphatic carbocycles. The number of aliphatic hydroxyl groups is 1. The highest BCUT2D eigenvalue weighted by Crippen LogP contribution is 2.24. The lowest BCUT2D eigenvalue weighted by Crippen LogP contribution is -2.03. The lowest BCUT2D eigenvalue weighted by atomic mass is 10.1. The van der Waals surface area contributed by atoms with E-state index in [0.717, 1.165) is 22.7 Å². The second kappa shape index (κ2) is 5.38. The van der Waals surface area contributed by atoms with Crippen molar-refractivity contribution in [1.29, 1.82) is 0 Å². The van der Waals surface area contributed by atoms with Crippen LogP contribution in [0, 0.1) is 6.92 Å². The lowest BCUT2D eigenvalue weighted by Gasteiger charge is -2.09. The molecule has 1 N–H and O–H groups in total. The second-order valence-corrected chi connectivity index (χ2v) is 4.92. The number of aryl methyl sites for hydroxylation is 2. The van der Waals surface area contributed by atoms with E-state index in [0.29, 0.717) is 6.42 Å². The molecule has 2 aromatic rings. The molecule has 2 heterocycles. The van der Waals surface area contributed by atoms with Crippen LogP contribution in [0.5, 0.6) is 0 Å². The summed E-state index contributed by atoms with van der Waals surface area (Å²) in [7, 11) is 0. The van der Waals surface area contributed by atoms with Crippen molar-refractivity contribution in [2.75, 3.05) is 0 Å². The normalized spacial score (nSPS) is 12.6. The van der Waals surface area contributed by atoms with Gasteiger partial charge in [0.25, 0.3) is 0 Å². The van der Waals surface area contributed by atoms with Gasteiger partial charge in [-0.25, -0.2) is 4.98 Å². The van der Waals surface area contributed by atoms with Gasteiger partial charge in [0, 0.05) is 18.3 Å². The first kappa shape index (κ1) is 12.2. The van der Waals surface area contributed by atoms with Crippen molar-refractivity contribution in [3.63, 3.8) is 0 Å². The summed E-state index contributed by atoms with van der Waals surface area (Å²) in [6.45, 7) is 4.02. The maximum absolute atomic E-state index is 10.1. The average molecular weight is 248 g/mol. The summed E-state index contributed by atoms with van der Waals surface area (Å²) >= 11 is 1.50. The van der Waals surface area contributed by atoms with Gasteiger partial charge in [-0.15, -0.1) is 11.3 Å². The van der Waals surface area contributed by atoms with Gasteiger partial charge in [0.2, 0.25) is 0 Å². The largest absolute Gasteiger partial charge is 0.387 e. The van der Waals surface area contributed by atoms with Crippen LogP contribution in [0.25, 0.3) is 0 Å². The predicted octanol–water partition coefficient (Wildman–Crippen LogP) is 2.69. The summed E-state index contributed by atoms with van der Waals surface area (Å²) in [5, 5.41) is 10.1. The Hall–Kier alpha value is -1.26. The van der Waals surface area contributed by atoms with Crippen LogP contribution >= 0.6 is 11.3 Å². The molecule has 4 heteroatoms. The highest BCUT2D eigenvalue weighted by molar-refractivity contribution is 7.09. The summed E-state index contributed by atoms with van der Waals surface area (Å²) < 4.78 is 0. The zero-order chi connectivity index (χ0) is 12.3. The molecule has 0 saturated carbocycles. The fourth-order valence-electron chi connectivity index (χ4n) is 1.71. The number of pyridine rings is 1. The van der Waals surface area contributed by atoms with Gasteiger partial charge in [0.15, 0.2) is 0 Å². The summed E-state index contributed by atoms with van der Waals surface area (Å²) in [6, 6.07) is 4.05. The van der Waals surface area contributed by atoms with Crippen molar-refractivity contribution in [2.45, 2.75) is 32.8 Å². The molecule has 1 atom stereocenters. The number of hydrogen-bond donors (Lipinski definition) is 1. The molecule has 0 bridgehead atoms. The molecule has 0 fully saturated rings. The topological polar surface area (TPSA) is 46.0 Å². The van der Waals surface area contributed by atoms with E-state index in [9.17, 15) is 5.11 Å². The minimum atomic E-state index is -0.498. The quantitative estimate of drug-likeness (QED) is 0.905. The van der Waals surface area contributed by atoms with Crippen LogP contribution in [0.2, 0.25) is 0 Å². The molecule has 2 aromatic heterocycles.